The van der Waals surface area contributed by atoms with Gasteiger partial charge in [0.2, 0.25) is 0 Å². The van der Waals surface area contributed by atoms with Crippen LogP contribution >= 0.6 is 11.6 Å². The largest absolute Gasteiger partial charge is 0.364 e. The first-order valence-electron chi connectivity index (χ1n) is 6.20. The molecule has 0 amide bonds. The highest BCUT2D eigenvalue weighted by Gasteiger charge is 2.32. The fourth-order valence-corrected chi connectivity index (χ4v) is 3.13. The molecule has 6 heteroatoms. The molecule has 104 valence electrons. The molecule has 0 saturated heterocycles. The molecule has 1 fully saturated rings. The number of halogens is 1. The Morgan fingerprint density at radius 1 is 1.40 bits per heavy atom. The number of rotatable bonds is 4. The van der Waals surface area contributed by atoms with E-state index in [0.29, 0.717) is 32.7 Å². The van der Waals surface area contributed by atoms with Crippen LogP contribution in [0, 0.1) is 0 Å². The third-order valence-electron chi connectivity index (χ3n) is 3.30. The van der Waals surface area contributed by atoms with Crippen LogP contribution in [0.2, 0.25) is 5.02 Å². The second-order valence-corrected chi connectivity index (χ2v) is 6.60. The third kappa shape index (κ3) is 2.43. The van der Waals surface area contributed by atoms with Crippen molar-refractivity contribution in [1.82, 2.24) is 5.16 Å². The topological polar surface area (TPSA) is 60.2 Å². The highest BCUT2D eigenvalue weighted by Crippen LogP contribution is 2.41. The smallest absolute Gasteiger partial charge is 0.199 e. The van der Waals surface area contributed by atoms with Gasteiger partial charge in [0, 0.05) is 22.8 Å². The van der Waals surface area contributed by atoms with Crippen LogP contribution in [-0.4, -0.2) is 21.4 Å². The molecule has 1 saturated carbocycles. The third-order valence-corrected chi connectivity index (χ3v) is 4.50. The zero-order valence-corrected chi connectivity index (χ0v) is 12.3. The normalized spacial score (nSPS) is 16.1. The first-order chi connectivity index (χ1) is 9.58. The minimum atomic E-state index is -1.29. The van der Waals surface area contributed by atoms with Gasteiger partial charge in [-0.05, 0) is 31.0 Å². The zero-order valence-electron chi connectivity index (χ0n) is 10.8. The fraction of sp³-hybridized carbons (Fsp3) is 0.286. The van der Waals surface area contributed by atoms with E-state index in [-0.39, 0.29) is 5.78 Å². The van der Waals surface area contributed by atoms with Gasteiger partial charge in [-0.1, -0.05) is 16.8 Å². The molecule has 3 rings (SSSR count). The quantitative estimate of drug-likeness (QED) is 0.814. The maximum Gasteiger partial charge on any atom is 0.199 e. The van der Waals surface area contributed by atoms with Crippen molar-refractivity contribution in [2.45, 2.75) is 23.7 Å². The Kier molecular flexibility index (Phi) is 3.48. The number of ketones is 1. The number of benzene rings is 1. The Bertz CT molecular complexity index is 706. The minimum Gasteiger partial charge on any atom is -0.364 e. The first-order valence-corrected chi connectivity index (χ1v) is 8.13. The molecule has 1 atom stereocenters. The van der Waals surface area contributed by atoms with Gasteiger partial charge in [-0.25, -0.2) is 0 Å². The summed E-state index contributed by atoms with van der Waals surface area (Å²) >= 11 is 5.91. The van der Waals surface area contributed by atoms with Gasteiger partial charge in [-0.2, -0.15) is 0 Å². The van der Waals surface area contributed by atoms with Gasteiger partial charge in [0.1, 0.15) is 6.26 Å². The molecule has 20 heavy (non-hydrogen) atoms. The van der Waals surface area contributed by atoms with Crippen LogP contribution in [0.1, 0.15) is 40.4 Å². The Morgan fingerprint density at radius 3 is 2.80 bits per heavy atom. The standard InChI is InChI=1S/C14H12ClNO3S/c1-20(18)12-6-9(15)4-5-10(12)14(17)11-7-19-16-13(11)8-2-3-8/h4-8H,2-3H2,1H3. The summed E-state index contributed by atoms with van der Waals surface area (Å²) < 4.78 is 16.7. The van der Waals surface area contributed by atoms with Gasteiger partial charge in [0.15, 0.2) is 5.78 Å². The van der Waals surface area contributed by atoms with E-state index in [9.17, 15) is 9.00 Å². The summed E-state index contributed by atoms with van der Waals surface area (Å²) in [6.07, 6.45) is 4.95. The van der Waals surface area contributed by atoms with Crippen molar-refractivity contribution in [2.75, 3.05) is 6.26 Å². The van der Waals surface area contributed by atoms with Crippen LogP contribution in [0.3, 0.4) is 0 Å². The van der Waals surface area contributed by atoms with Crippen molar-refractivity contribution < 1.29 is 13.5 Å². The zero-order chi connectivity index (χ0) is 14.3. The number of aromatic nitrogens is 1. The van der Waals surface area contributed by atoms with Crippen LogP contribution in [-0.2, 0) is 10.8 Å². The SMILES string of the molecule is CS(=O)c1cc(Cl)ccc1C(=O)c1conc1C1CC1. The van der Waals surface area contributed by atoms with Crippen molar-refractivity contribution >= 4 is 28.2 Å². The molecule has 1 aromatic heterocycles. The lowest BCUT2D eigenvalue weighted by atomic mass is 10.0. The van der Waals surface area contributed by atoms with Gasteiger partial charge < -0.3 is 4.52 Å². The van der Waals surface area contributed by atoms with Crippen LogP contribution < -0.4 is 0 Å². The summed E-state index contributed by atoms with van der Waals surface area (Å²) in [5.74, 6) is 0.102. The molecular formula is C14H12ClNO3S. The average Bonchev–Trinajstić information content (AvgIpc) is 3.15. The first kappa shape index (κ1) is 13.5. The van der Waals surface area contributed by atoms with Crippen LogP contribution in [0.15, 0.2) is 33.9 Å². The van der Waals surface area contributed by atoms with E-state index in [1.807, 2.05) is 0 Å². The number of hydrogen-bond donors (Lipinski definition) is 0. The number of carbonyl (C=O) groups excluding carboxylic acids is 1. The van der Waals surface area contributed by atoms with Crippen LogP contribution in [0.25, 0.3) is 0 Å². The second kappa shape index (κ2) is 5.14. The van der Waals surface area contributed by atoms with E-state index in [4.69, 9.17) is 16.1 Å². The summed E-state index contributed by atoms with van der Waals surface area (Å²) in [5, 5.41) is 4.38. The lowest BCUT2D eigenvalue weighted by Crippen LogP contribution is -2.07. The number of carbonyl (C=O) groups is 1. The molecule has 1 unspecified atom stereocenters. The van der Waals surface area contributed by atoms with E-state index in [1.165, 1.54) is 12.5 Å². The molecule has 1 aliphatic carbocycles. The van der Waals surface area contributed by atoms with Crippen molar-refractivity contribution in [3.63, 3.8) is 0 Å². The lowest BCUT2D eigenvalue weighted by molar-refractivity contribution is 0.103. The van der Waals surface area contributed by atoms with Crippen molar-refractivity contribution in [1.29, 1.82) is 0 Å². The summed E-state index contributed by atoms with van der Waals surface area (Å²) in [5.41, 5.74) is 1.56. The van der Waals surface area contributed by atoms with E-state index in [0.717, 1.165) is 12.8 Å². The van der Waals surface area contributed by atoms with Crippen LogP contribution in [0.5, 0.6) is 0 Å². The maximum atomic E-state index is 12.6. The molecule has 1 heterocycles. The highest BCUT2D eigenvalue weighted by atomic mass is 35.5. The second-order valence-electron chi connectivity index (χ2n) is 4.81. The predicted octanol–water partition coefficient (Wildman–Crippen LogP) is 3.17. The number of hydrogen-bond acceptors (Lipinski definition) is 4. The van der Waals surface area contributed by atoms with E-state index < -0.39 is 10.8 Å². The molecular weight excluding hydrogens is 298 g/mol. The maximum absolute atomic E-state index is 12.6. The van der Waals surface area contributed by atoms with Gasteiger partial charge in [0.05, 0.1) is 27.0 Å². The fourth-order valence-electron chi connectivity index (χ4n) is 2.13. The van der Waals surface area contributed by atoms with E-state index in [2.05, 4.69) is 5.16 Å². The van der Waals surface area contributed by atoms with Gasteiger partial charge in [-0.3, -0.25) is 9.00 Å². The van der Waals surface area contributed by atoms with Gasteiger partial charge in [0.25, 0.3) is 0 Å². The summed E-state index contributed by atoms with van der Waals surface area (Å²) in [7, 11) is -1.29. The lowest BCUT2D eigenvalue weighted by Gasteiger charge is -2.06. The van der Waals surface area contributed by atoms with Crippen LogP contribution in [0.4, 0.5) is 0 Å². The van der Waals surface area contributed by atoms with Crippen molar-refractivity contribution in [3.8, 4) is 0 Å². The number of nitrogens with zero attached hydrogens (tertiary/aromatic N) is 1. The molecule has 0 spiro atoms. The molecule has 0 radical (unpaired) electrons. The molecule has 1 aromatic carbocycles. The Morgan fingerprint density at radius 2 is 2.15 bits per heavy atom. The molecule has 2 aromatic rings. The highest BCUT2D eigenvalue weighted by molar-refractivity contribution is 7.84. The molecule has 0 N–H and O–H groups in total. The molecule has 0 bridgehead atoms. The predicted molar refractivity (Wildman–Crippen MR) is 75.7 cm³/mol. The summed E-state index contributed by atoms with van der Waals surface area (Å²) in [6, 6.07) is 4.79. The van der Waals surface area contributed by atoms with Crippen molar-refractivity contribution in [2.24, 2.45) is 0 Å². The average molecular weight is 310 g/mol. The summed E-state index contributed by atoms with van der Waals surface area (Å²) in [6.45, 7) is 0. The van der Waals surface area contributed by atoms with E-state index >= 15 is 0 Å². The molecule has 0 aliphatic heterocycles. The molecule has 4 nitrogen and oxygen atoms in total. The Hall–Kier alpha value is -1.46. The van der Waals surface area contributed by atoms with Crippen molar-refractivity contribution in [3.05, 3.63) is 46.3 Å². The Labute approximate surface area is 123 Å². The van der Waals surface area contributed by atoms with Gasteiger partial charge >= 0.3 is 0 Å². The Balaban J connectivity index is 2.06. The van der Waals surface area contributed by atoms with E-state index in [1.54, 1.807) is 18.2 Å². The van der Waals surface area contributed by atoms with Gasteiger partial charge in [-0.15, -0.1) is 0 Å². The minimum absolute atomic E-state index is 0.213. The summed E-state index contributed by atoms with van der Waals surface area (Å²) in [4.78, 5) is 13.1. The monoisotopic (exact) mass is 309 g/mol. The molecule has 1 aliphatic rings.